The van der Waals surface area contributed by atoms with Crippen LogP contribution in [0.3, 0.4) is 0 Å². The van der Waals surface area contributed by atoms with Crippen molar-refractivity contribution in [2.45, 2.75) is 25.3 Å². The number of halogens is 1. The third kappa shape index (κ3) is 7.11. The maximum absolute atomic E-state index is 14.9. The third-order valence-electron chi connectivity index (χ3n) is 6.44. The molecule has 2 amide bonds. The van der Waals surface area contributed by atoms with E-state index in [2.05, 4.69) is 10.6 Å². The molecule has 2 N–H and O–H groups in total. The molecule has 39 heavy (non-hydrogen) atoms. The van der Waals surface area contributed by atoms with Crippen molar-refractivity contribution in [1.82, 2.24) is 4.90 Å². The van der Waals surface area contributed by atoms with E-state index < -0.39 is 17.8 Å². The first-order valence-electron chi connectivity index (χ1n) is 12.5. The number of carbonyl (C=O) groups is 3. The lowest BCUT2D eigenvalue weighted by Gasteiger charge is -2.23. The number of nitrogens with zero attached hydrogens (tertiary/aromatic N) is 1. The van der Waals surface area contributed by atoms with Crippen molar-refractivity contribution in [2.75, 3.05) is 38.1 Å². The van der Waals surface area contributed by atoms with Gasteiger partial charge in [-0.25, -0.2) is 14.0 Å². The molecule has 10 heteroatoms. The average molecular weight is 536 g/mol. The molecule has 1 aliphatic heterocycles. The van der Waals surface area contributed by atoms with Crippen LogP contribution >= 0.6 is 0 Å². The van der Waals surface area contributed by atoms with E-state index in [1.807, 2.05) is 4.90 Å². The van der Waals surface area contributed by atoms with E-state index in [0.29, 0.717) is 35.7 Å². The fourth-order valence-corrected chi connectivity index (χ4v) is 4.41. The van der Waals surface area contributed by atoms with Crippen LogP contribution in [0.25, 0.3) is 0 Å². The van der Waals surface area contributed by atoms with E-state index >= 15 is 0 Å². The second-order valence-electron chi connectivity index (χ2n) is 8.99. The van der Waals surface area contributed by atoms with Crippen LogP contribution in [0.1, 0.15) is 28.8 Å². The van der Waals surface area contributed by atoms with Gasteiger partial charge < -0.3 is 24.8 Å². The second kappa shape index (κ2) is 12.9. The summed E-state index contributed by atoms with van der Waals surface area (Å²) in [7, 11) is 2.82. The van der Waals surface area contributed by atoms with Gasteiger partial charge in [-0.2, -0.15) is 0 Å². The first kappa shape index (κ1) is 27.6. The summed E-state index contributed by atoms with van der Waals surface area (Å²) < 4.78 is 30.6. The summed E-state index contributed by atoms with van der Waals surface area (Å²) in [4.78, 5) is 38.9. The van der Waals surface area contributed by atoms with Crippen LogP contribution < -0.4 is 20.1 Å². The van der Waals surface area contributed by atoms with Crippen molar-refractivity contribution in [2.24, 2.45) is 0 Å². The Labute approximate surface area is 225 Å². The maximum atomic E-state index is 14.9. The Morgan fingerprint density at radius 2 is 1.77 bits per heavy atom. The third-order valence-corrected chi connectivity index (χ3v) is 6.44. The molecular weight excluding hydrogens is 505 g/mol. The Hall–Kier alpha value is -4.44. The van der Waals surface area contributed by atoms with Gasteiger partial charge >= 0.3 is 12.0 Å². The molecule has 1 atom stereocenters. The molecule has 1 saturated heterocycles. The van der Waals surface area contributed by atoms with Gasteiger partial charge in [0.15, 0.2) is 5.78 Å². The lowest BCUT2D eigenvalue weighted by atomic mass is 10.0. The molecule has 204 valence electrons. The van der Waals surface area contributed by atoms with Crippen molar-refractivity contribution < 1.29 is 33.0 Å². The topological polar surface area (TPSA) is 106 Å². The molecule has 1 heterocycles. The van der Waals surface area contributed by atoms with E-state index in [1.165, 1.54) is 26.4 Å². The highest BCUT2D eigenvalue weighted by Crippen LogP contribution is 2.25. The van der Waals surface area contributed by atoms with Gasteiger partial charge in [0, 0.05) is 18.7 Å². The molecule has 0 saturated carbocycles. The normalized spacial score (nSPS) is 14.9. The van der Waals surface area contributed by atoms with Gasteiger partial charge in [0.25, 0.3) is 0 Å². The highest BCUT2D eigenvalue weighted by Gasteiger charge is 2.31. The number of ether oxygens (including phenoxy) is 3. The molecule has 0 bridgehead atoms. The Morgan fingerprint density at radius 3 is 2.49 bits per heavy atom. The van der Waals surface area contributed by atoms with Crippen molar-refractivity contribution in [3.63, 3.8) is 0 Å². The minimum atomic E-state index is -0.579. The Kier molecular flexibility index (Phi) is 9.11. The molecular formula is C29H30FN3O6. The largest absolute Gasteiger partial charge is 0.495 e. The summed E-state index contributed by atoms with van der Waals surface area (Å²) in [6, 6.07) is 16.8. The van der Waals surface area contributed by atoms with E-state index in [0.717, 1.165) is 6.42 Å². The van der Waals surface area contributed by atoms with E-state index in [4.69, 9.17) is 14.2 Å². The summed E-state index contributed by atoms with van der Waals surface area (Å²) in [6.07, 6.45) is 1.41. The standard InChI is InChI=1S/C29H30FN3O6/c1-37-27-8-4-3-6-24(27)32-29(36)31-21-12-9-20(23(30)17-21)16-26(34)25-7-5-15-33(25)18-39-22-13-10-19(11-14-22)28(35)38-2/h3-4,6,8-14,17,25H,5,7,15-16,18H2,1-2H3,(H2,31,32,36). The quantitative estimate of drug-likeness (QED) is 0.357. The van der Waals surface area contributed by atoms with Gasteiger partial charge in [-0.1, -0.05) is 18.2 Å². The maximum Gasteiger partial charge on any atom is 0.337 e. The fourth-order valence-electron chi connectivity index (χ4n) is 4.41. The fraction of sp³-hybridized carbons (Fsp3) is 0.276. The first-order valence-corrected chi connectivity index (χ1v) is 12.5. The van der Waals surface area contributed by atoms with Crippen LogP contribution in [-0.2, 0) is 16.0 Å². The van der Waals surface area contributed by atoms with Gasteiger partial charge in [0.2, 0.25) is 0 Å². The Morgan fingerprint density at radius 1 is 1.00 bits per heavy atom. The lowest BCUT2D eigenvalue weighted by Crippen LogP contribution is -2.39. The van der Waals surface area contributed by atoms with Crippen molar-refractivity contribution in [3.05, 3.63) is 83.7 Å². The van der Waals surface area contributed by atoms with Crippen LogP contribution in [0.15, 0.2) is 66.7 Å². The molecule has 9 nitrogen and oxygen atoms in total. The molecule has 1 fully saturated rings. The number of benzene rings is 3. The van der Waals surface area contributed by atoms with Gasteiger partial charge in [-0.3, -0.25) is 9.69 Å². The summed E-state index contributed by atoms with van der Waals surface area (Å²) in [5.41, 5.74) is 1.40. The number of esters is 1. The number of hydrogen-bond donors (Lipinski definition) is 2. The lowest BCUT2D eigenvalue weighted by molar-refractivity contribution is -0.123. The predicted octanol–water partition coefficient (Wildman–Crippen LogP) is 4.88. The minimum absolute atomic E-state index is 0.0749. The molecule has 3 aromatic rings. The number of likely N-dealkylation sites (tertiary alicyclic amines) is 1. The zero-order valence-electron chi connectivity index (χ0n) is 21.7. The van der Waals surface area contributed by atoms with Crippen LogP contribution in [-0.4, -0.2) is 56.2 Å². The molecule has 1 aliphatic rings. The monoisotopic (exact) mass is 535 g/mol. The van der Waals surface area contributed by atoms with E-state index in [1.54, 1.807) is 54.6 Å². The number of methoxy groups -OCH3 is 2. The van der Waals surface area contributed by atoms with E-state index in [9.17, 15) is 18.8 Å². The van der Waals surface area contributed by atoms with Gasteiger partial charge in [0.1, 0.15) is 24.0 Å². The highest BCUT2D eigenvalue weighted by molar-refractivity contribution is 6.00. The number of rotatable bonds is 10. The van der Waals surface area contributed by atoms with Crippen LogP contribution in [0.2, 0.25) is 0 Å². The SMILES string of the molecule is COC(=O)c1ccc(OCN2CCCC2C(=O)Cc2ccc(NC(=O)Nc3ccccc3OC)cc2F)cc1. The number of Topliss-reactive ketones (excluding diaryl/α,β-unsaturated/α-hetero) is 1. The summed E-state index contributed by atoms with van der Waals surface area (Å²) >= 11 is 0. The van der Waals surface area contributed by atoms with Crippen molar-refractivity contribution in [1.29, 1.82) is 0 Å². The molecule has 0 spiro atoms. The summed E-state index contributed by atoms with van der Waals surface area (Å²) in [5.74, 6) is -0.0605. The highest BCUT2D eigenvalue weighted by atomic mass is 19.1. The number of carbonyl (C=O) groups excluding carboxylic acids is 3. The van der Waals surface area contributed by atoms with Gasteiger partial charge in [-0.05, 0) is 66.9 Å². The van der Waals surface area contributed by atoms with Crippen LogP contribution in [0.4, 0.5) is 20.6 Å². The number of ketones is 1. The van der Waals surface area contributed by atoms with E-state index in [-0.39, 0.29) is 36.2 Å². The molecule has 0 aliphatic carbocycles. The number of urea groups is 1. The number of amides is 2. The molecule has 1 unspecified atom stereocenters. The van der Waals surface area contributed by atoms with Crippen LogP contribution in [0.5, 0.6) is 11.5 Å². The molecule has 4 rings (SSSR count). The van der Waals surface area contributed by atoms with Gasteiger partial charge in [-0.15, -0.1) is 0 Å². The number of nitrogens with one attached hydrogen (secondary N) is 2. The zero-order chi connectivity index (χ0) is 27.8. The number of para-hydroxylation sites is 2. The van der Waals surface area contributed by atoms with Crippen molar-refractivity contribution in [3.8, 4) is 11.5 Å². The molecule has 0 radical (unpaired) electrons. The molecule has 3 aromatic carbocycles. The average Bonchev–Trinajstić information content (AvgIpc) is 3.42. The molecule has 0 aromatic heterocycles. The van der Waals surface area contributed by atoms with Crippen LogP contribution in [0, 0.1) is 5.82 Å². The number of hydrogen-bond acceptors (Lipinski definition) is 7. The Balaban J connectivity index is 1.31. The minimum Gasteiger partial charge on any atom is -0.495 e. The zero-order valence-corrected chi connectivity index (χ0v) is 21.7. The summed E-state index contributed by atoms with van der Waals surface area (Å²) in [6.45, 7) is 0.879. The number of anilines is 2. The predicted molar refractivity (Wildman–Crippen MR) is 144 cm³/mol. The second-order valence-corrected chi connectivity index (χ2v) is 8.99. The first-order chi connectivity index (χ1) is 18.9. The summed E-state index contributed by atoms with van der Waals surface area (Å²) in [5, 5.41) is 5.25. The Bertz CT molecular complexity index is 1330. The van der Waals surface area contributed by atoms with Crippen molar-refractivity contribution >= 4 is 29.2 Å². The van der Waals surface area contributed by atoms with Gasteiger partial charge in [0.05, 0.1) is 31.5 Å². The smallest absolute Gasteiger partial charge is 0.337 e.